The van der Waals surface area contributed by atoms with Gasteiger partial charge in [-0.2, -0.15) is 0 Å². The maximum atomic E-state index is 12.7. The Morgan fingerprint density at radius 3 is 1.76 bits per heavy atom. The zero-order valence-electron chi connectivity index (χ0n) is 21.0. The maximum Gasteiger partial charge on any atom is 0.338 e. The lowest BCUT2D eigenvalue weighted by atomic mass is 10.0. The normalized spacial score (nSPS) is 10.5. The average Bonchev–Trinajstić information content (AvgIpc) is 2.95. The number of ether oxygens (including phenoxy) is 3. The van der Waals surface area contributed by atoms with Crippen LogP contribution < -0.4 is 0 Å². The van der Waals surface area contributed by atoms with Crippen molar-refractivity contribution >= 4 is 17.9 Å². The lowest BCUT2D eigenvalue weighted by molar-refractivity contribution is 0.0587. The summed E-state index contributed by atoms with van der Waals surface area (Å²) in [5, 5.41) is 10.6. The molecule has 0 aliphatic rings. The van der Waals surface area contributed by atoms with E-state index in [9.17, 15) is 19.5 Å². The molecule has 0 radical (unpaired) electrons. The van der Waals surface area contributed by atoms with E-state index in [0.29, 0.717) is 16.7 Å². The monoisotopic (exact) mass is 513 g/mol. The van der Waals surface area contributed by atoms with Crippen LogP contribution in [0, 0.1) is 6.92 Å². The number of hydrogen-bond acceptors (Lipinski definition) is 10. The minimum Gasteiger partial charge on any atom is -0.507 e. The van der Waals surface area contributed by atoms with Gasteiger partial charge in [-0.05, 0) is 55.0 Å². The highest BCUT2D eigenvalue weighted by Gasteiger charge is 2.22. The van der Waals surface area contributed by atoms with Crippen molar-refractivity contribution in [3.63, 3.8) is 0 Å². The molecule has 4 aromatic rings. The quantitative estimate of drug-likeness (QED) is 0.294. The Balaban J connectivity index is 1.95. The fourth-order valence-electron chi connectivity index (χ4n) is 3.71. The molecule has 1 heterocycles. The van der Waals surface area contributed by atoms with Crippen molar-refractivity contribution in [2.45, 2.75) is 6.92 Å². The van der Waals surface area contributed by atoms with E-state index in [1.807, 2.05) is 6.92 Å². The zero-order chi connectivity index (χ0) is 27.4. The number of rotatable bonds is 6. The number of carbonyl (C=O) groups is 3. The molecule has 0 atom stereocenters. The molecule has 10 heteroatoms. The van der Waals surface area contributed by atoms with Crippen LogP contribution in [0.5, 0.6) is 5.75 Å². The van der Waals surface area contributed by atoms with Crippen molar-refractivity contribution in [3.05, 3.63) is 82.9 Å². The van der Waals surface area contributed by atoms with Crippen molar-refractivity contribution in [1.29, 1.82) is 0 Å². The number of nitrogens with zero attached hydrogens (tertiary/aromatic N) is 3. The molecule has 1 N–H and O–H groups in total. The predicted octanol–water partition coefficient (Wildman–Crippen LogP) is 4.25. The molecule has 3 aromatic carbocycles. The van der Waals surface area contributed by atoms with E-state index in [-0.39, 0.29) is 39.9 Å². The number of carbonyl (C=O) groups excluding carboxylic acids is 3. The first-order chi connectivity index (χ1) is 18.2. The van der Waals surface area contributed by atoms with Gasteiger partial charge in [-0.15, -0.1) is 0 Å². The molecule has 0 saturated carbocycles. The molecule has 0 spiro atoms. The van der Waals surface area contributed by atoms with Crippen molar-refractivity contribution in [2.24, 2.45) is 0 Å². The van der Waals surface area contributed by atoms with Gasteiger partial charge in [-0.1, -0.05) is 18.2 Å². The summed E-state index contributed by atoms with van der Waals surface area (Å²) in [7, 11) is 3.74. The van der Waals surface area contributed by atoms with Crippen molar-refractivity contribution in [3.8, 4) is 39.9 Å². The van der Waals surface area contributed by atoms with Crippen LogP contribution in [0.4, 0.5) is 0 Å². The molecule has 0 saturated heterocycles. The Morgan fingerprint density at radius 1 is 0.632 bits per heavy atom. The molecular formula is C28H23N3O7. The number of phenolic OH excluding ortho intramolecular Hbond substituents is 1. The zero-order valence-corrected chi connectivity index (χ0v) is 21.0. The van der Waals surface area contributed by atoms with Gasteiger partial charge in [0.25, 0.3) is 0 Å². The second-order valence-corrected chi connectivity index (χ2v) is 8.14. The summed E-state index contributed by atoms with van der Waals surface area (Å²) in [4.78, 5) is 50.3. The second kappa shape index (κ2) is 10.9. The fraction of sp³-hybridized carbons (Fsp3) is 0.143. The number of methoxy groups -OCH3 is 3. The Morgan fingerprint density at radius 2 is 1.16 bits per heavy atom. The number of benzene rings is 3. The van der Waals surface area contributed by atoms with Crippen LogP contribution in [0.1, 0.15) is 36.6 Å². The molecule has 0 amide bonds. The van der Waals surface area contributed by atoms with Crippen LogP contribution in [0.3, 0.4) is 0 Å². The number of aryl methyl sites for hydroxylation is 1. The number of aromatic nitrogens is 3. The largest absolute Gasteiger partial charge is 0.507 e. The van der Waals surface area contributed by atoms with Crippen LogP contribution >= 0.6 is 0 Å². The van der Waals surface area contributed by atoms with E-state index < -0.39 is 17.9 Å². The molecule has 38 heavy (non-hydrogen) atoms. The summed E-state index contributed by atoms with van der Waals surface area (Å²) in [5.41, 5.74) is 2.51. The number of esters is 3. The van der Waals surface area contributed by atoms with Crippen molar-refractivity contribution < 1.29 is 33.7 Å². The van der Waals surface area contributed by atoms with Crippen LogP contribution in [-0.2, 0) is 14.2 Å². The molecule has 192 valence electrons. The van der Waals surface area contributed by atoms with Gasteiger partial charge < -0.3 is 19.3 Å². The highest BCUT2D eigenvalue weighted by Crippen LogP contribution is 2.32. The maximum absolute atomic E-state index is 12.7. The third-order valence-electron chi connectivity index (χ3n) is 5.68. The summed E-state index contributed by atoms with van der Waals surface area (Å²) in [5.74, 6) is -1.42. The van der Waals surface area contributed by atoms with Crippen molar-refractivity contribution in [1.82, 2.24) is 15.0 Å². The van der Waals surface area contributed by atoms with Crippen molar-refractivity contribution in [2.75, 3.05) is 21.3 Å². The van der Waals surface area contributed by atoms with Gasteiger partial charge in [0.05, 0.1) is 43.6 Å². The predicted molar refractivity (Wildman–Crippen MR) is 137 cm³/mol. The summed E-state index contributed by atoms with van der Waals surface area (Å²) < 4.78 is 14.5. The standard InChI is InChI=1S/C28H23N3O7/c1-15-5-11-20(22(32)13-15)25-30-23(16-6-8-17(9-7-16)26(33)36-2)29-24(31-25)19-12-10-18(27(34)37-3)14-21(19)28(35)38-4/h5-14,32H,1-4H3. The van der Waals surface area contributed by atoms with E-state index in [4.69, 9.17) is 14.2 Å². The molecule has 0 fully saturated rings. The first kappa shape index (κ1) is 26.0. The minimum atomic E-state index is -0.713. The van der Waals surface area contributed by atoms with Crippen LogP contribution in [0.25, 0.3) is 34.2 Å². The third-order valence-corrected chi connectivity index (χ3v) is 5.68. The van der Waals surface area contributed by atoms with Gasteiger partial charge in [0, 0.05) is 11.1 Å². The molecule has 1 aromatic heterocycles. The smallest absolute Gasteiger partial charge is 0.338 e. The van der Waals surface area contributed by atoms with Crippen LogP contribution in [-0.4, -0.2) is 59.3 Å². The van der Waals surface area contributed by atoms with E-state index in [1.54, 1.807) is 42.5 Å². The third kappa shape index (κ3) is 5.19. The molecule has 0 aliphatic carbocycles. The summed E-state index contributed by atoms with van der Waals surface area (Å²) >= 11 is 0. The molecular weight excluding hydrogens is 490 g/mol. The van der Waals surface area contributed by atoms with Crippen LogP contribution in [0.2, 0.25) is 0 Å². The average molecular weight is 514 g/mol. The second-order valence-electron chi connectivity index (χ2n) is 8.14. The van der Waals surface area contributed by atoms with Gasteiger partial charge in [0.2, 0.25) is 0 Å². The Hall–Kier alpha value is -5.12. The van der Waals surface area contributed by atoms with E-state index in [1.165, 1.54) is 39.5 Å². The molecule has 10 nitrogen and oxygen atoms in total. The highest BCUT2D eigenvalue weighted by atomic mass is 16.5. The Bertz CT molecular complexity index is 1550. The van der Waals surface area contributed by atoms with Gasteiger partial charge in [0.1, 0.15) is 5.75 Å². The summed E-state index contributed by atoms with van der Waals surface area (Å²) in [6, 6.07) is 15.8. The van der Waals surface area contributed by atoms with E-state index in [0.717, 1.165) is 5.56 Å². The lowest BCUT2D eigenvalue weighted by Gasteiger charge is -2.12. The Labute approximate surface area is 217 Å². The summed E-state index contributed by atoms with van der Waals surface area (Å²) in [6.45, 7) is 1.84. The SMILES string of the molecule is COC(=O)c1ccc(-c2nc(-c3ccc(C)cc3O)nc(-c3ccc(C(=O)OC)cc3C(=O)OC)n2)cc1. The molecule has 0 unspecified atom stereocenters. The molecule has 4 rings (SSSR count). The van der Waals surface area contributed by atoms with Gasteiger partial charge >= 0.3 is 17.9 Å². The molecule has 0 aliphatic heterocycles. The van der Waals surface area contributed by atoms with Gasteiger partial charge in [-0.3, -0.25) is 0 Å². The first-order valence-electron chi connectivity index (χ1n) is 11.3. The van der Waals surface area contributed by atoms with E-state index in [2.05, 4.69) is 15.0 Å². The molecule has 0 bridgehead atoms. The highest BCUT2D eigenvalue weighted by molar-refractivity contribution is 6.00. The summed E-state index contributed by atoms with van der Waals surface area (Å²) in [6.07, 6.45) is 0. The lowest BCUT2D eigenvalue weighted by Crippen LogP contribution is -2.10. The number of hydrogen-bond donors (Lipinski definition) is 1. The number of aromatic hydroxyl groups is 1. The van der Waals surface area contributed by atoms with Gasteiger partial charge in [-0.25, -0.2) is 29.3 Å². The fourth-order valence-corrected chi connectivity index (χ4v) is 3.71. The van der Waals surface area contributed by atoms with Crippen LogP contribution in [0.15, 0.2) is 60.7 Å². The topological polar surface area (TPSA) is 138 Å². The van der Waals surface area contributed by atoms with E-state index >= 15 is 0 Å². The first-order valence-corrected chi connectivity index (χ1v) is 11.3. The van der Waals surface area contributed by atoms with Gasteiger partial charge in [0.15, 0.2) is 17.5 Å². The minimum absolute atomic E-state index is 0.0349. The number of phenols is 1. The Kier molecular flexibility index (Phi) is 7.43.